The molecule has 0 saturated carbocycles. The molecule has 78 valence electrons. The van der Waals surface area contributed by atoms with Gasteiger partial charge in [0, 0.05) is 18.0 Å². The van der Waals surface area contributed by atoms with Crippen molar-refractivity contribution >= 4 is 11.8 Å². The molecule has 2 N–H and O–H groups in total. The minimum Gasteiger partial charge on any atom is -0.326 e. The van der Waals surface area contributed by atoms with Crippen molar-refractivity contribution in [1.29, 1.82) is 0 Å². The van der Waals surface area contributed by atoms with Crippen LogP contribution in [-0.2, 0) is 6.54 Å². The van der Waals surface area contributed by atoms with Gasteiger partial charge in [-0.1, -0.05) is 26.8 Å². The molecule has 0 amide bonds. The van der Waals surface area contributed by atoms with Crippen molar-refractivity contribution in [2.24, 2.45) is 11.7 Å². The van der Waals surface area contributed by atoms with Crippen LogP contribution in [0, 0.1) is 5.92 Å². The number of aromatic nitrogens is 1. The molecule has 3 heteroatoms. The van der Waals surface area contributed by atoms with Crippen molar-refractivity contribution < 1.29 is 0 Å². The first-order valence-electron chi connectivity index (χ1n) is 4.95. The molecular formula is C11H18N2S. The molecule has 2 nitrogen and oxygen atoms in total. The highest BCUT2D eigenvalue weighted by atomic mass is 32.2. The van der Waals surface area contributed by atoms with E-state index in [0.29, 0.717) is 17.7 Å². The number of pyridine rings is 1. The molecule has 0 radical (unpaired) electrons. The molecule has 0 aliphatic heterocycles. The number of nitrogens with two attached hydrogens (primary N) is 1. The highest BCUT2D eigenvalue weighted by molar-refractivity contribution is 7.99. The second kappa shape index (κ2) is 5.37. The lowest BCUT2D eigenvalue weighted by Crippen LogP contribution is -2.08. The summed E-state index contributed by atoms with van der Waals surface area (Å²) in [5, 5.41) is 1.66. The van der Waals surface area contributed by atoms with Gasteiger partial charge in [-0.3, -0.25) is 0 Å². The summed E-state index contributed by atoms with van der Waals surface area (Å²) >= 11 is 1.81. The maximum atomic E-state index is 5.65. The normalized spacial score (nSPS) is 13.2. The van der Waals surface area contributed by atoms with E-state index in [1.807, 2.05) is 30.1 Å². The zero-order chi connectivity index (χ0) is 10.6. The lowest BCUT2D eigenvalue weighted by molar-refractivity contribution is 0.641. The average Bonchev–Trinajstić information content (AvgIpc) is 2.18. The van der Waals surface area contributed by atoms with Gasteiger partial charge in [-0.15, -0.1) is 11.8 Å². The Morgan fingerprint density at radius 3 is 2.71 bits per heavy atom. The SMILES string of the molecule is CC(C)C(C)Sc1ncccc1CN. The van der Waals surface area contributed by atoms with Crippen molar-refractivity contribution in [1.82, 2.24) is 4.98 Å². The highest BCUT2D eigenvalue weighted by Crippen LogP contribution is 2.28. The molecule has 1 unspecified atom stereocenters. The molecule has 1 aromatic rings. The first-order valence-corrected chi connectivity index (χ1v) is 5.83. The van der Waals surface area contributed by atoms with E-state index in [0.717, 1.165) is 10.6 Å². The van der Waals surface area contributed by atoms with Crippen LogP contribution < -0.4 is 5.73 Å². The first kappa shape index (κ1) is 11.5. The third-order valence-electron chi connectivity index (χ3n) is 2.31. The summed E-state index contributed by atoms with van der Waals surface area (Å²) in [5.74, 6) is 0.660. The van der Waals surface area contributed by atoms with Gasteiger partial charge in [-0.2, -0.15) is 0 Å². The van der Waals surface area contributed by atoms with Crippen LogP contribution in [0.15, 0.2) is 23.4 Å². The molecule has 1 rings (SSSR count). The Morgan fingerprint density at radius 1 is 1.43 bits per heavy atom. The topological polar surface area (TPSA) is 38.9 Å². The van der Waals surface area contributed by atoms with E-state index < -0.39 is 0 Å². The molecule has 1 heterocycles. The third-order valence-corrected chi connectivity index (χ3v) is 3.81. The maximum absolute atomic E-state index is 5.65. The lowest BCUT2D eigenvalue weighted by atomic mass is 10.2. The smallest absolute Gasteiger partial charge is 0.101 e. The molecule has 0 fully saturated rings. The summed E-state index contributed by atoms with van der Waals surface area (Å²) in [6.45, 7) is 7.25. The van der Waals surface area contributed by atoms with Crippen LogP contribution in [0.4, 0.5) is 0 Å². The molecule has 0 spiro atoms. The van der Waals surface area contributed by atoms with Crippen LogP contribution in [-0.4, -0.2) is 10.2 Å². The predicted molar refractivity (Wildman–Crippen MR) is 62.3 cm³/mol. The highest BCUT2D eigenvalue weighted by Gasteiger charge is 2.11. The Hall–Kier alpha value is -0.540. The van der Waals surface area contributed by atoms with E-state index in [2.05, 4.69) is 25.8 Å². The van der Waals surface area contributed by atoms with Gasteiger partial charge in [-0.25, -0.2) is 4.98 Å². The second-order valence-electron chi connectivity index (χ2n) is 3.74. The van der Waals surface area contributed by atoms with E-state index in [1.165, 1.54) is 0 Å². The van der Waals surface area contributed by atoms with Gasteiger partial charge in [0.2, 0.25) is 0 Å². The molecule has 0 aliphatic carbocycles. The summed E-state index contributed by atoms with van der Waals surface area (Å²) < 4.78 is 0. The van der Waals surface area contributed by atoms with E-state index in [9.17, 15) is 0 Å². The number of thioether (sulfide) groups is 1. The van der Waals surface area contributed by atoms with Crippen LogP contribution >= 0.6 is 11.8 Å². The summed E-state index contributed by atoms with van der Waals surface area (Å²) in [4.78, 5) is 4.35. The number of rotatable bonds is 4. The molecule has 0 aliphatic rings. The number of hydrogen-bond acceptors (Lipinski definition) is 3. The van der Waals surface area contributed by atoms with Crippen LogP contribution in [0.2, 0.25) is 0 Å². The Kier molecular flexibility index (Phi) is 4.42. The Balaban J connectivity index is 2.75. The van der Waals surface area contributed by atoms with Crippen LogP contribution in [0.3, 0.4) is 0 Å². The van der Waals surface area contributed by atoms with Crippen LogP contribution in [0.25, 0.3) is 0 Å². The standard InChI is InChI=1S/C11H18N2S/c1-8(2)9(3)14-11-10(7-12)5-4-6-13-11/h4-6,8-9H,7,12H2,1-3H3. The monoisotopic (exact) mass is 210 g/mol. The van der Waals surface area contributed by atoms with Crippen LogP contribution in [0.1, 0.15) is 26.3 Å². The Labute approximate surface area is 90.3 Å². The zero-order valence-corrected chi connectivity index (χ0v) is 9.84. The van der Waals surface area contributed by atoms with Crippen molar-refractivity contribution in [3.8, 4) is 0 Å². The molecular weight excluding hydrogens is 192 g/mol. The van der Waals surface area contributed by atoms with Crippen molar-refractivity contribution in [2.75, 3.05) is 0 Å². The molecule has 0 saturated heterocycles. The van der Waals surface area contributed by atoms with E-state index in [-0.39, 0.29) is 0 Å². The maximum Gasteiger partial charge on any atom is 0.101 e. The van der Waals surface area contributed by atoms with Crippen molar-refractivity contribution in [3.05, 3.63) is 23.9 Å². The number of hydrogen-bond donors (Lipinski definition) is 1. The van der Waals surface area contributed by atoms with Crippen molar-refractivity contribution in [2.45, 2.75) is 37.6 Å². The number of nitrogens with zero attached hydrogens (tertiary/aromatic N) is 1. The first-order chi connectivity index (χ1) is 6.65. The largest absolute Gasteiger partial charge is 0.326 e. The Morgan fingerprint density at radius 2 is 2.14 bits per heavy atom. The minimum absolute atomic E-state index is 0.570. The summed E-state index contributed by atoms with van der Waals surface area (Å²) in [5.41, 5.74) is 6.79. The minimum atomic E-state index is 0.570. The predicted octanol–water partition coefficient (Wildman–Crippen LogP) is 2.68. The van der Waals surface area contributed by atoms with E-state index >= 15 is 0 Å². The van der Waals surface area contributed by atoms with E-state index in [1.54, 1.807) is 0 Å². The van der Waals surface area contributed by atoms with E-state index in [4.69, 9.17) is 5.73 Å². The van der Waals surface area contributed by atoms with Gasteiger partial charge in [0.15, 0.2) is 0 Å². The summed E-state index contributed by atoms with van der Waals surface area (Å²) in [7, 11) is 0. The van der Waals surface area contributed by atoms with Gasteiger partial charge >= 0.3 is 0 Å². The van der Waals surface area contributed by atoms with Crippen molar-refractivity contribution in [3.63, 3.8) is 0 Å². The quantitative estimate of drug-likeness (QED) is 0.777. The second-order valence-corrected chi connectivity index (χ2v) is 5.10. The average molecular weight is 210 g/mol. The van der Waals surface area contributed by atoms with Gasteiger partial charge in [0.05, 0.1) is 0 Å². The van der Waals surface area contributed by atoms with Gasteiger partial charge < -0.3 is 5.73 Å². The third kappa shape index (κ3) is 3.00. The summed E-state index contributed by atoms with van der Waals surface area (Å²) in [6, 6.07) is 3.98. The molecule has 0 aromatic carbocycles. The fourth-order valence-electron chi connectivity index (χ4n) is 0.998. The fourth-order valence-corrected chi connectivity index (χ4v) is 2.05. The molecule has 0 bridgehead atoms. The summed E-state index contributed by atoms with van der Waals surface area (Å²) in [6.07, 6.45) is 1.83. The lowest BCUT2D eigenvalue weighted by Gasteiger charge is -2.15. The molecule has 14 heavy (non-hydrogen) atoms. The van der Waals surface area contributed by atoms with Gasteiger partial charge in [-0.05, 0) is 17.5 Å². The fraction of sp³-hybridized carbons (Fsp3) is 0.545. The van der Waals surface area contributed by atoms with Gasteiger partial charge in [0.1, 0.15) is 5.03 Å². The Bertz CT molecular complexity index is 286. The van der Waals surface area contributed by atoms with Crippen LogP contribution in [0.5, 0.6) is 0 Å². The zero-order valence-electron chi connectivity index (χ0n) is 9.03. The van der Waals surface area contributed by atoms with Gasteiger partial charge in [0.25, 0.3) is 0 Å². The molecule has 1 atom stereocenters. The molecule has 1 aromatic heterocycles.